The molecular formula is C31H40N4O6. The zero-order valence-corrected chi connectivity index (χ0v) is 24.5. The molecule has 5 N–H and O–H groups in total. The number of nitrogens with two attached hydrogens (primary N) is 1. The largest absolute Gasteiger partial charge is 0.493 e. The fourth-order valence-electron chi connectivity index (χ4n) is 5.38. The van der Waals surface area contributed by atoms with Gasteiger partial charge in [-0.05, 0) is 75.4 Å². The number of Topliss-reactive ketones (excluding diaryl/α,β-unsaturated/α-hetero) is 1. The maximum atomic E-state index is 13.6. The molecule has 0 fully saturated rings. The van der Waals surface area contributed by atoms with Crippen molar-refractivity contribution in [3.63, 3.8) is 0 Å². The van der Waals surface area contributed by atoms with Gasteiger partial charge in [0, 0.05) is 35.5 Å². The van der Waals surface area contributed by atoms with Crippen LogP contribution in [0.25, 0.3) is 10.9 Å². The van der Waals surface area contributed by atoms with E-state index >= 15 is 0 Å². The molecule has 1 aliphatic rings. The Morgan fingerprint density at radius 3 is 2.44 bits per heavy atom. The number of alkyl carbamates (subject to hydrolysis) is 1. The Bertz CT molecular complexity index is 1430. The first-order valence-corrected chi connectivity index (χ1v) is 13.8. The van der Waals surface area contributed by atoms with Gasteiger partial charge in [-0.2, -0.15) is 0 Å². The van der Waals surface area contributed by atoms with Crippen molar-refractivity contribution in [3.8, 4) is 11.5 Å². The Hall–Kier alpha value is -4.05. The second-order valence-corrected chi connectivity index (χ2v) is 11.5. The van der Waals surface area contributed by atoms with E-state index in [2.05, 4.69) is 15.6 Å². The highest BCUT2D eigenvalue weighted by molar-refractivity contribution is 5.94. The molecular weight excluding hydrogens is 524 g/mol. The maximum absolute atomic E-state index is 13.6. The van der Waals surface area contributed by atoms with Crippen LogP contribution in [0.3, 0.4) is 0 Å². The molecule has 1 aliphatic carbocycles. The van der Waals surface area contributed by atoms with Gasteiger partial charge in [0.25, 0.3) is 0 Å². The number of rotatable bonds is 9. The van der Waals surface area contributed by atoms with E-state index in [-0.39, 0.29) is 12.2 Å². The quantitative estimate of drug-likeness (QED) is 0.308. The molecule has 4 rings (SSSR count). The van der Waals surface area contributed by atoms with Crippen molar-refractivity contribution in [2.45, 2.75) is 70.7 Å². The summed E-state index contributed by atoms with van der Waals surface area (Å²) in [6.45, 7) is 6.89. The molecule has 10 nitrogen and oxygen atoms in total. The normalized spacial score (nSPS) is 18.1. The molecule has 2 unspecified atom stereocenters. The van der Waals surface area contributed by atoms with Crippen LogP contribution in [0.2, 0.25) is 0 Å². The fraction of sp³-hybridized carbons (Fsp3) is 0.452. The number of methoxy groups -OCH3 is 2. The summed E-state index contributed by atoms with van der Waals surface area (Å²) in [5, 5.41) is 6.46. The van der Waals surface area contributed by atoms with Crippen molar-refractivity contribution < 1.29 is 28.6 Å². The molecule has 0 bridgehead atoms. The van der Waals surface area contributed by atoms with Crippen molar-refractivity contribution in [2.75, 3.05) is 14.2 Å². The van der Waals surface area contributed by atoms with Gasteiger partial charge in [-0.3, -0.25) is 9.59 Å². The lowest BCUT2D eigenvalue weighted by Gasteiger charge is -2.32. The molecule has 2 amide bonds. The third-order valence-corrected chi connectivity index (χ3v) is 7.42. The van der Waals surface area contributed by atoms with Gasteiger partial charge in [-0.15, -0.1) is 0 Å². The van der Waals surface area contributed by atoms with Gasteiger partial charge in [0.15, 0.2) is 17.3 Å². The van der Waals surface area contributed by atoms with E-state index in [1.165, 1.54) is 0 Å². The predicted molar refractivity (Wildman–Crippen MR) is 156 cm³/mol. The molecule has 0 aliphatic heterocycles. The smallest absolute Gasteiger partial charge is 0.408 e. The number of fused-ring (bicyclic) bond motifs is 2. The lowest BCUT2D eigenvalue weighted by atomic mass is 9.76. The number of ether oxygens (including phenoxy) is 3. The Morgan fingerprint density at radius 1 is 1.07 bits per heavy atom. The van der Waals surface area contributed by atoms with E-state index in [9.17, 15) is 14.4 Å². The number of aromatic amines is 1. The summed E-state index contributed by atoms with van der Waals surface area (Å²) in [6, 6.07) is 9.07. The Labute approximate surface area is 240 Å². The van der Waals surface area contributed by atoms with Crippen LogP contribution in [0, 0.1) is 5.92 Å². The summed E-state index contributed by atoms with van der Waals surface area (Å²) in [7, 11) is 3.13. The first kappa shape index (κ1) is 29.9. The molecule has 41 heavy (non-hydrogen) atoms. The third-order valence-electron chi connectivity index (χ3n) is 7.42. The molecule has 4 atom stereocenters. The second kappa shape index (κ2) is 12.2. The highest BCUT2D eigenvalue weighted by atomic mass is 16.6. The van der Waals surface area contributed by atoms with E-state index in [1.54, 1.807) is 41.9 Å². The first-order chi connectivity index (χ1) is 19.4. The Morgan fingerprint density at radius 2 is 1.76 bits per heavy atom. The van der Waals surface area contributed by atoms with E-state index in [1.807, 2.05) is 42.6 Å². The number of H-pyrrole nitrogens is 1. The van der Waals surface area contributed by atoms with Crippen molar-refractivity contribution >= 4 is 28.7 Å². The SMILES string of the molecule is COc1cc2c(cc1OC)C(N)C(C(=O)[C@H](C)NC(=O)[C@H](Cc1c[nH]c3ccccc13)NC(=O)OC(C)(C)C)CC2. The summed E-state index contributed by atoms with van der Waals surface area (Å²) in [5.41, 5.74) is 9.47. The number of carbonyl (C=O) groups excluding carboxylic acids is 3. The summed E-state index contributed by atoms with van der Waals surface area (Å²) in [4.78, 5) is 43.0. The summed E-state index contributed by atoms with van der Waals surface area (Å²) in [6.07, 6.45) is 2.49. The molecule has 1 aromatic heterocycles. The Kier molecular flexibility index (Phi) is 8.92. The topological polar surface area (TPSA) is 145 Å². The predicted octanol–water partition coefficient (Wildman–Crippen LogP) is 3.96. The van der Waals surface area contributed by atoms with Crippen molar-refractivity contribution in [1.29, 1.82) is 0 Å². The molecule has 0 spiro atoms. The van der Waals surface area contributed by atoms with E-state index < -0.39 is 41.6 Å². The second-order valence-electron chi connectivity index (χ2n) is 11.5. The van der Waals surface area contributed by atoms with E-state index in [0.29, 0.717) is 24.3 Å². The van der Waals surface area contributed by atoms with Crippen LogP contribution in [0.1, 0.15) is 56.8 Å². The van der Waals surface area contributed by atoms with E-state index in [4.69, 9.17) is 19.9 Å². The highest BCUT2D eigenvalue weighted by Gasteiger charge is 2.36. The lowest BCUT2D eigenvalue weighted by molar-refractivity contribution is -0.131. The van der Waals surface area contributed by atoms with Crippen LogP contribution >= 0.6 is 0 Å². The number of aryl methyl sites for hydroxylation is 1. The van der Waals surface area contributed by atoms with E-state index in [0.717, 1.165) is 27.6 Å². The number of aromatic nitrogens is 1. The van der Waals surface area contributed by atoms with Crippen molar-refractivity contribution in [3.05, 3.63) is 59.3 Å². The monoisotopic (exact) mass is 564 g/mol. The van der Waals surface area contributed by atoms with Gasteiger partial charge in [0.2, 0.25) is 5.91 Å². The number of hydrogen-bond acceptors (Lipinski definition) is 7. The first-order valence-electron chi connectivity index (χ1n) is 13.8. The van der Waals surface area contributed by atoms with Crippen LogP contribution in [0.5, 0.6) is 11.5 Å². The zero-order chi connectivity index (χ0) is 29.9. The molecule has 220 valence electrons. The third kappa shape index (κ3) is 6.82. The van der Waals surface area contributed by atoms with Gasteiger partial charge >= 0.3 is 6.09 Å². The van der Waals surface area contributed by atoms with Crippen LogP contribution < -0.4 is 25.8 Å². The summed E-state index contributed by atoms with van der Waals surface area (Å²) < 4.78 is 16.3. The van der Waals surface area contributed by atoms with Crippen molar-refractivity contribution in [2.24, 2.45) is 11.7 Å². The molecule has 2 aromatic carbocycles. The average molecular weight is 565 g/mol. The highest BCUT2D eigenvalue weighted by Crippen LogP contribution is 2.40. The number of amides is 2. The minimum absolute atomic E-state index is 0.172. The Balaban J connectivity index is 1.50. The van der Waals surface area contributed by atoms with Gasteiger partial charge in [-0.25, -0.2) is 4.79 Å². The molecule has 0 radical (unpaired) electrons. The molecule has 3 aromatic rings. The lowest BCUT2D eigenvalue weighted by Crippen LogP contribution is -2.53. The van der Waals surface area contributed by atoms with Gasteiger partial charge in [0.05, 0.1) is 20.3 Å². The van der Waals surface area contributed by atoms with Crippen LogP contribution in [-0.2, 0) is 27.2 Å². The summed E-state index contributed by atoms with van der Waals surface area (Å²) >= 11 is 0. The number of hydrogen-bond donors (Lipinski definition) is 4. The number of carbonyl (C=O) groups is 3. The zero-order valence-electron chi connectivity index (χ0n) is 24.5. The minimum atomic E-state index is -0.975. The number of ketones is 1. The molecule has 0 saturated carbocycles. The van der Waals surface area contributed by atoms with Gasteiger partial charge < -0.3 is 35.6 Å². The number of para-hydroxylation sites is 1. The average Bonchev–Trinajstić information content (AvgIpc) is 3.33. The maximum Gasteiger partial charge on any atom is 0.408 e. The van der Waals surface area contributed by atoms with Gasteiger partial charge in [-0.1, -0.05) is 18.2 Å². The fourth-order valence-corrected chi connectivity index (χ4v) is 5.38. The van der Waals surface area contributed by atoms with Crippen LogP contribution in [0.15, 0.2) is 42.6 Å². The van der Waals surface area contributed by atoms with Crippen LogP contribution in [0.4, 0.5) is 4.79 Å². The van der Waals surface area contributed by atoms with Crippen molar-refractivity contribution in [1.82, 2.24) is 15.6 Å². The molecule has 10 heteroatoms. The standard InChI is InChI=1S/C31H40N4O6/c1-17(28(36)21-12-11-18-14-25(39-5)26(40-6)15-22(18)27(21)32)34-29(37)24(35-30(38)41-31(2,3)4)13-19-16-33-23-10-8-7-9-20(19)23/h7-10,14-17,21,24,27,33H,11-13,32H2,1-6H3,(H,34,37)(H,35,38)/t17-,21?,24-,27?/m0/s1. The minimum Gasteiger partial charge on any atom is -0.493 e. The number of benzene rings is 2. The van der Waals surface area contributed by atoms with Gasteiger partial charge in [0.1, 0.15) is 11.6 Å². The summed E-state index contributed by atoms with van der Waals surface area (Å²) in [5.74, 6) is 0.00133. The molecule has 0 saturated heterocycles. The van der Waals surface area contributed by atoms with Crippen LogP contribution in [-0.4, -0.2) is 54.7 Å². The number of nitrogens with one attached hydrogen (secondary N) is 3. The molecule has 1 heterocycles.